The predicted octanol–water partition coefficient (Wildman–Crippen LogP) is 2.79. The second-order valence-corrected chi connectivity index (χ2v) is 6.18. The molecular formula is C15H23NO2S. The Hall–Kier alpha value is -0.710. The van der Waals surface area contributed by atoms with Gasteiger partial charge in [0.25, 0.3) is 0 Å². The van der Waals surface area contributed by atoms with Gasteiger partial charge in [0, 0.05) is 17.4 Å². The summed E-state index contributed by atoms with van der Waals surface area (Å²) in [6, 6.07) is 6.72. The van der Waals surface area contributed by atoms with Crippen molar-refractivity contribution in [2.45, 2.75) is 25.1 Å². The first-order valence-electron chi connectivity index (χ1n) is 6.81. The Balaban J connectivity index is 2.09. The van der Waals surface area contributed by atoms with Crippen LogP contribution in [-0.4, -0.2) is 37.9 Å². The van der Waals surface area contributed by atoms with E-state index in [0.29, 0.717) is 11.3 Å². The molecule has 2 rings (SSSR count). The van der Waals surface area contributed by atoms with Gasteiger partial charge in [-0.05, 0) is 19.5 Å². The molecular weight excluding hydrogens is 258 g/mol. The van der Waals surface area contributed by atoms with Crippen LogP contribution in [-0.2, 0) is 4.74 Å². The van der Waals surface area contributed by atoms with Crippen molar-refractivity contribution in [3.05, 3.63) is 29.3 Å². The highest BCUT2D eigenvalue weighted by Gasteiger charge is 2.22. The molecule has 0 spiro atoms. The molecule has 1 aromatic rings. The van der Waals surface area contributed by atoms with Crippen LogP contribution in [0.4, 0.5) is 0 Å². The minimum absolute atomic E-state index is 0.338. The Morgan fingerprint density at radius 1 is 1.47 bits per heavy atom. The third-order valence-electron chi connectivity index (χ3n) is 3.32. The van der Waals surface area contributed by atoms with E-state index in [4.69, 9.17) is 9.47 Å². The van der Waals surface area contributed by atoms with Crippen molar-refractivity contribution in [1.82, 2.24) is 5.32 Å². The lowest BCUT2D eigenvalue weighted by atomic mass is 10.0. The smallest absolute Gasteiger partial charge is 0.123 e. The molecule has 19 heavy (non-hydrogen) atoms. The van der Waals surface area contributed by atoms with E-state index in [1.165, 1.54) is 11.1 Å². The van der Waals surface area contributed by atoms with Crippen LogP contribution in [0.15, 0.2) is 18.2 Å². The van der Waals surface area contributed by atoms with Crippen LogP contribution in [0.25, 0.3) is 0 Å². The second kappa shape index (κ2) is 7.17. The van der Waals surface area contributed by atoms with Gasteiger partial charge in [0.2, 0.25) is 0 Å². The van der Waals surface area contributed by atoms with E-state index in [1.807, 2.05) is 11.8 Å². The second-order valence-electron chi connectivity index (χ2n) is 4.85. The SMILES string of the molecule is CCNC(CSC1COC1)c1cc(C)ccc1OC. The van der Waals surface area contributed by atoms with E-state index in [9.17, 15) is 0 Å². The van der Waals surface area contributed by atoms with Crippen molar-refractivity contribution < 1.29 is 9.47 Å². The molecule has 4 heteroatoms. The van der Waals surface area contributed by atoms with Gasteiger partial charge in [-0.1, -0.05) is 24.6 Å². The number of nitrogens with one attached hydrogen (secondary N) is 1. The zero-order valence-corrected chi connectivity index (χ0v) is 12.8. The summed E-state index contributed by atoms with van der Waals surface area (Å²) in [7, 11) is 1.74. The normalized spacial score (nSPS) is 17.0. The third kappa shape index (κ3) is 3.88. The van der Waals surface area contributed by atoms with Gasteiger partial charge in [0.05, 0.1) is 25.6 Å². The lowest BCUT2D eigenvalue weighted by Gasteiger charge is -2.28. The quantitative estimate of drug-likeness (QED) is 0.832. The molecule has 1 unspecified atom stereocenters. The summed E-state index contributed by atoms with van der Waals surface area (Å²) in [6.45, 7) is 7.03. The highest BCUT2D eigenvalue weighted by molar-refractivity contribution is 8.00. The molecule has 1 saturated heterocycles. The van der Waals surface area contributed by atoms with Crippen molar-refractivity contribution in [1.29, 1.82) is 0 Å². The average Bonchev–Trinajstić information content (AvgIpc) is 2.35. The fraction of sp³-hybridized carbons (Fsp3) is 0.600. The van der Waals surface area contributed by atoms with Crippen molar-refractivity contribution >= 4 is 11.8 Å². The highest BCUT2D eigenvalue weighted by atomic mass is 32.2. The summed E-state index contributed by atoms with van der Waals surface area (Å²) in [5, 5.41) is 4.23. The van der Waals surface area contributed by atoms with E-state index in [-0.39, 0.29) is 0 Å². The van der Waals surface area contributed by atoms with E-state index in [0.717, 1.165) is 31.3 Å². The van der Waals surface area contributed by atoms with Gasteiger partial charge in [-0.3, -0.25) is 0 Å². The maximum absolute atomic E-state index is 5.50. The first-order chi connectivity index (χ1) is 9.24. The number of rotatable bonds is 7. The van der Waals surface area contributed by atoms with Gasteiger partial charge in [-0.2, -0.15) is 11.8 Å². The molecule has 0 saturated carbocycles. The van der Waals surface area contributed by atoms with Crippen LogP contribution >= 0.6 is 11.8 Å². The maximum atomic E-state index is 5.50. The molecule has 0 aliphatic carbocycles. The van der Waals surface area contributed by atoms with Gasteiger partial charge >= 0.3 is 0 Å². The number of hydrogen-bond donors (Lipinski definition) is 1. The number of benzene rings is 1. The first-order valence-corrected chi connectivity index (χ1v) is 7.86. The molecule has 106 valence electrons. The molecule has 0 amide bonds. The Bertz CT molecular complexity index is 407. The lowest BCUT2D eigenvalue weighted by molar-refractivity contribution is 0.0455. The molecule has 1 atom stereocenters. The van der Waals surface area contributed by atoms with Gasteiger partial charge in [0.1, 0.15) is 5.75 Å². The summed E-state index contributed by atoms with van der Waals surface area (Å²) >= 11 is 1.99. The zero-order valence-electron chi connectivity index (χ0n) is 11.9. The predicted molar refractivity (Wildman–Crippen MR) is 81.2 cm³/mol. The van der Waals surface area contributed by atoms with E-state index < -0.39 is 0 Å². The van der Waals surface area contributed by atoms with Gasteiger partial charge in [0.15, 0.2) is 0 Å². The topological polar surface area (TPSA) is 30.5 Å². The van der Waals surface area contributed by atoms with Gasteiger partial charge < -0.3 is 14.8 Å². The van der Waals surface area contributed by atoms with Crippen molar-refractivity contribution in [3.8, 4) is 5.75 Å². The fourth-order valence-corrected chi connectivity index (χ4v) is 3.32. The number of ether oxygens (including phenoxy) is 2. The van der Waals surface area contributed by atoms with Crippen LogP contribution in [0, 0.1) is 6.92 Å². The average molecular weight is 281 g/mol. The van der Waals surface area contributed by atoms with Crippen molar-refractivity contribution in [2.75, 3.05) is 32.6 Å². The Labute approximate surface area is 120 Å². The van der Waals surface area contributed by atoms with Crippen LogP contribution < -0.4 is 10.1 Å². The third-order valence-corrected chi connectivity index (χ3v) is 4.59. The summed E-state index contributed by atoms with van der Waals surface area (Å²) in [5.41, 5.74) is 2.53. The number of methoxy groups -OCH3 is 1. The van der Waals surface area contributed by atoms with E-state index >= 15 is 0 Å². The van der Waals surface area contributed by atoms with E-state index in [2.05, 4.69) is 37.4 Å². The van der Waals surface area contributed by atoms with Crippen LogP contribution in [0.2, 0.25) is 0 Å². The van der Waals surface area contributed by atoms with Crippen molar-refractivity contribution in [2.24, 2.45) is 0 Å². The molecule has 0 aromatic heterocycles. The Kier molecular flexibility index (Phi) is 5.55. The van der Waals surface area contributed by atoms with Crippen molar-refractivity contribution in [3.63, 3.8) is 0 Å². The largest absolute Gasteiger partial charge is 0.496 e. The van der Waals surface area contributed by atoms with Gasteiger partial charge in [-0.15, -0.1) is 0 Å². The molecule has 0 radical (unpaired) electrons. The Morgan fingerprint density at radius 2 is 2.26 bits per heavy atom. The lowest BCUT2D eigenvalue weighted by Crippen LogP contribution is -2.32. The molecule has 1 fully saturated rings. The number of hydrogen-bond acceptors (Lipinski definition) is 4. The maximum Gasteiger partial charge on any atom is 0.123 e. The number of aryl methyl sites for hydroxylation is 1. The van der Waals surface area contributed by atoms with Crippen LogP contribution in [0.3, 0.4) is 0 Å². The molecule has 1 aliphatic rings. The first kappa shape index (κ1) is 14.7. The van der Waals surface area contributed by atoms with Gasteiger partial charge in [-0.25, -0.2) is 0 Å². The minimum atomic E-state index is 0.338. The molecule has 1 heterocycles. The fourth-order valence-electron chi connectivity index (χ4n) is 2.17. The zero-order chi connectivity index (χ0) is 13.7. The number of thioether (sulfide) groups is 1. The molecule has 1 aromatic carbocycles. The molecule has 1 aliphatic heterocycles. The summed E-state index contributed by atoms with van der Waals surface area (Å²) in [6.07, 6.45) is 0. The Morgan fingerprint density at radius 3 is 2.84 bits per heavy atom. The highest BCUT2D eigenvalue weighted by Crippen LogP contribution is 2.31. The molecule has 3 nitrogen and oxygen atoms in total. The summed E-state index contributed by atoms with van der Waals surface area (Å²) in [4.78, 5) is 0. The summed E-state index contributed by atoms with van der Waals surface area (Å²) < 4.78 is 10.7. The van der Waals surface area contributed by atoms with E-state index in [1.54, 1.807) is 7.11 Å². The molecule has 1 N–H and O–H groups in total. The van der Waals surface area contributed by atoms with Crippen LogP contribution in [0.1, 0.15) is 24.1 Å². The monoisotopic (exact) mass is 281 g/mol. The summed E-state index contributed by atoms with van der Waals surface area (Å²) in [5.74, 6) is 2.03. The standard InChI is InChI=1S/C15H23NO2S/c1-4-16-14(10-19-12-8-18-9-12)13-7-11(2)5-6-15(13)17-3/h5-7,12,14,16H,4,8-10H2,1-3H3. The van der Waals surface area contributed by atoms with Crippen LogP contribution in [0.5, 0.6) is 5.75 Å². The minimum Gasteiger partial charge on any atom is -0.496 e. The molecule has 0 bridgehead atoms.